The Labute approximate surface area is 119 Å². The van der Waals surface area contributed by atoms with Crippen LogP contribution in [-0.2, 0) is 0 Å². The Balaban J connectivity index is 1.66. The monoisotopic (exact) mass is 277 g/mol. The van der Waals surface area contributed by atoms with Crippen LogP contribution in [0.15, 0.2) is 30.4 Å². The largest absolute Gasteiger partial charge is 0.492 e. The maximum atomic E-state index is 6.07. The van der Waals surface area contributed by atoms with Gasteiger partial charge in [-0.3, -0.25) is 0 Å². The lowest BCUT2D eigenvalue weighted by Crippen LogP contribution is -2.18. The first-order valence-electron chi connectivity index (χ1n) is 7.11. The zero-order valence-corrected chi connectivity index (χ0v) is 12.0. The van der Waals surface area contributed by atoms with Gasteiger partial charge in [-0.05, 0) is 55.7 Å². The molecule has 0 aliphatic heterocycles. The van der Waals surface area contributed by atoms with Gasteiger partial charge in [-0.1, -0.05) is 23.8 Å². The van der Waals surface area contributed by atoms with Crippen LogP contribution < -0.4 is 10.1 Å². The number of anilines is 1. The summed E-state index contributed by atoms with van der Waals surface area (Å²) in [6, 6.07) is 5.77. The highest BCUT2D eigenvalue weighted by Gasteiger charge is 2.35. The van der Waals surface area contributed by atoms with Crippen molar-refractivity contribution in [3.8, 4) is 5.75 Å². The van der Waals surface area contributed by atoms with Crippen LogP contribution in [0.1, 0.15) is 19.8 Å². The number of benzene rings is 1. The quantitative estimate of drug-likeness (QED) is 0.807. The first-order chi connectivity index (χ1) is 9.26. The van der Waals surface area contributed by atoms with E-state index in [-0.39, 0.29) is 0 Å². The number of allylic oxidation sites excluding steroid dienone is 2. The molecular formula is C16H20ClNO. The summed E-state index contributed by atoms with van der Waals surface area (Å²) < 4.78 is 5.63. The van der Waals surface area contributed by atoms with E-state index in [9.17, 15) is 0 Å². The second-order valence-electron chi connectivity index (χ2n) is 5.49. The molecule has 2 nitrogen and oxygen atoms in total. The fraction of sp³-hybridized carbons (Fsp3) is 0.500. The molecular weight excluding hydrogens is 258 g/mol. The van der Waals surface area contributed by atoms with Crippen molar-refractivity contribution in [2.45, 2.75) is 19.8 Å². The van der Waals surface area contributed by atoms with Crippen LogP contribution in [0.5, 0.6) is 5.75 Å². The van der Waals surface area contributed by atoms with Crippen molar-refractivity contribution in [1.82, 2.24) is 0 Å². The molecule has 2 aliphatic carbocycles. The molecule has 1 fully saturated rings. The van der Waals surface area contributed by atoms with Gasteiger partial charge in [-0.25, -0.2) is 0 Å². The summed E-state index contributed by atoms with van der Waals surface area (Å²) >= 11 is 6.07. The van der Waals surface area contributed by atoms with Crippen LogP contribution in [0.3, 0.4) is 0 Å². The van der Waals surface area contributed by atoms with E-state index in [1.807, 2.05) is 25.1 Å². The molecule has 0 heterocycles. The van der Waals surface area contributed by atoms with E-state index >= 15 is 0 Å². The predicted molar refractivity (Wildman–Crippen MR) is 80.0 cm³/mol. The second kappa shape index (κ2) is 5.46. The second-order valence-corrected chi connectivity index (χ2v) is 5.93. The van der Waals surface area contributed by atoms with Crippen LogP contribution in [0.4, 0.5) is 5.69 Å². The first kappa shape index (κ1) is 12.9. The Hall–Kier alpha value is -1.15. The summed E-state index contributed by atoms with van der Waals surface area (Å²) in [5, 5.41) is 4.27. The van der Waals surface area contributed by atoms with Crippen molar-refractivity contribution in [1.29, 1.82) is 0 Å². The third kappa shape index (κ3) is 2.74. The first-order valence-corrected chi connectivity index (χ1v) is 7.48. The van der Waals surface area contributed by atoms with E-state index in [4.69, 9.17) is 16.3 Å². The third-order valence-electron chi connectivity index (χ3n) is 4.21. The summed E-state index contributed by atoms with van der Waals surface area (Å²) in [5.74, 6) is 3.24. The zero-order valence-electron chi connectivity index (χ0n) is 11.2. The minimum atomic E-state index is 0.674. The van der Waals surface area contributed by atoms with Gasteiger partial charge in [0.25, 0.3) is 0 Å². The number of nitrogens with one attached hydrogen (secondary N) is 1. The van der Waals surface area contributed by atoms with Crippen molar-refractivity contribution in [3.63, 3.8) is 0 Å². The molecule has 1 aromatic carbocycles. The molecule has 0 radical (unpaired) electrons. The topological polar surface area (TPSA) is 21.3 Å². The van der Waals surface area contributed by atoms with E-state index in [2.05, 4.69) is 17.5 Å². The number of hydrogen-bond acceptors (Lipinski definition) is 2. The Morgan fingerprint density at radius 2 is 2.21 bits per heavy atom. The van der Waals surface area contributed by atoms with Gasteiger partial charge in [0.2, 0.25) is 0 Å². The molecule has 3 heteroatoms. The van der Waals surface area contributed by atoms with Crippen LogP contribution in [0.2, 0.25) is 5.02 Å². The molecule has 1 saturated carbocycles. The number of fused-ring (bicyclic) bond motifs is 2. The molecule has 1 aromatic rings. The number of rotatable bonds is 5. The summed E-state index contributed by atoms with van der Waals surface area (Å²) in [6.07, 6.45) is 7.44. The Kier molecular flexibility index (Phi) is 3.69. The molecule has 3 rings (SSSR count). The summed E-state index contributed by atoms with van der Waals surface area (Å²) in [6.45, 7) is 3.68. The van der Waals surface area contributed by atoms with Crippen LogP contribution >= 0.6 is 11.6 Å². The molecule has 102 valence electrons. The standard InChI is InChI=1S/C16H20ClNO/c1-2-19-16-6-5-14(17)9-15(16)18-10-13-8-11-3-4-12(13)7-11/h3-6,9,11-13,18H,2,7-8,10H2,1H3. The van der Waals surface area contributed by atoms with Crippen molar-refractivity contribution >= 4 is 17.3 Å². The minimum Gasteiger partial charge on any atom is -0.492 e. The van der Waals surface area contributed by atoms with Crippen molar-refractivity contribution in [2.75, 3.05) is 18.5 Å². The molecule has 1 N–H and O–H groups in total. The van der Waals surface area contributed by atoms with E-state index in [0.29, 0.717) is 6.61 Å². The van der Waals surface area contributed by atoms with Gasteiger partial charge in [0.15, 0.2) is 0 Å². The highest BCUT2D eigenvalue weighted by atomic mass is 35.5. The Morgan fingerprint density at radius 1 is 1.32 bits per heavy atom. The molecule has 0 amide bonds. The molecule has 3 atom stereocenters. The van der Waals surface area contributed by atoms with Gasteiger partial charge >= 0.3 is 0 Å². The number of hydrogen-bond donors (Lipinski definition) is 1. The minimum absolute atomic E-state index is 0.674. The highest BCUT2D eigenvalue weighted by Crippen LogP contribution is 2.43. The molecule has 3 unspecified atom stereocenters. The smallest absolute Gasteiger partial charge is 0.142 e. The van der Waals surface area contributed by atoms with Crippen molar-refractivity contribution in [2.24, 2.45) is 17.8 Å². The van der Waals surface area contributed by atoms with E-state index in [1.54, 1.807) is 0 Å². The van der Waals surface area contributed by atoms with Gasteiger partial charge in [0.1, 0.15) is 5.75 Å². The van der Waals surface area contributed by atoms with Crippen LogP contribution in [-0.4, -0.2) is 13.2 Å². The predicted octanol–water partition coefficient (Wildman–Crippen LogP) is 4.36. The number of ether oxygens (including phenoxy) is 1. The van der Waals surface area contributed by atoms with Crippen LogP contribution in [0, 0.1) is 17.8 Å². The normalized spacial score (nSPS) is 27.8. The molecule has 0 saturated heterocycles. The molecule has 2 bridgehead atoms. The van der Waals surface area contributed by atoms with Gasteiger partial charge in [-0.2, -0.15) is 0 Å². The van der Waals surface area contributed by atoms with E-state index in [1.165, 1.54) is 12.8 Å². The maximum Gasteiger partial charge on any atom is 0.142 e. The van der Waals surface area contributed by atoms with Gasteiger partial charge in [-0.15, -0.1) is 0 Å². The SMILES string of the molecule is CCOc1ccc(Cl)cc1NCC1CC2C=CC1C2. The fourth-order valence-corrected chi connectivity index (χ4v) is 3.46. The van der Waals surface area contributed by atoms with E-state index in [0.717, 1.165) is 40.8 Å². The summed E-state index contributed by atoms with van der Waals surface area (Å²) in [5.41, 5.74) is 1.01. The van der Waals surface area contributed by atoms with Gasteiger partial charge in [0, 0.05) is 11.6 Å². The molecule has 0 spiro atoms. The number of halogens is 1. The van der Waals surface area contributed by atoms with Gasteiger partial charge in [0.05, 0.1) is 12.3 Å². The summed E-state index contributed by atoms with van der Waals surface area (Å²) in [4.78, 5) is 0. The Bertz CT molecular complexity index is 486. The molecule has 19 heavy (non-hydrogen) atoms. The van der Waals surface area contributed by atoms with Crippen LogP contribution in [0.25, 0.3) is 0 Å². The molecule has 2 aliphatic rings. The lowest BCUT2D eigenvalue weighted by Gasteiger charge is -2.20. The molecule has 0 aromatic heterocycles. The van der Waals surface area contributed by atoms with Crippen molar-refractivity contribution in [3.05, 3.63) is 35.4 Å². The highest BCUT2D eigenvalue weighted by molar-refractivity contribution is 6.30. The van der Waals surface area contributed by atoms with Crippen molar-refractivity contribution < 1.29 is 4.74 Å². The van der Waals surface area contributed by atoms with Gasteiger partial charge < -0.3 is 10.1 Å². The zero-order chi connectivity index (χ0) is 13.2. The average Bonchev–Trinajstić information content (AvgIpc) is 3.01. The maximum absolute atomic E-state index is 6.07. The summed E-state index contributed by atoms with van der Waals surface area (Å²) in [7, 11) is 0. The average molecular weight is 278 g/mol. The van der Waals surface area contributed by atoms with E-state index < -0.39 is 0 Å². The third-order valence-corrected chi connectivity index (χ3v) is 4.45. The lowest BCUT2D eigenvalue weighted by atomic mass is 9.93. The lowest BCUT2D eigenvalue weighted by molar-refractivity contribution is 0.341. The Morgan fingerprint density at radius 3 is 2.89 bits per heavy atom. The fourth-order valence-electron chi connectivity index (χ4n) is 3.29.